The Morgan fingerprint density at radius 3 is 2.74 bits per heavy atom. The van der Waals surface area contributed by atoms with Gasteiger partial charge in [0.05, 0.1) is 24.2 Å². The summed E-state index contributed by atoms with van der Waals surface area (Å²) in [4.78, 5) is 20.0. The van der Waals surface area contributed by atoms with Crippen LogP contribution in [0, 0.1) is 0 Å². The molecule has 1 fully saturated rings. The van der Waals surface area contributed by atoms with Crippen LogP contribution in [0.25, 0.3) is 10.9 Å². The molecule has 1 saturated heterocycles. The molecule has 8 heteroatoms. The number of anilines is 1. The first-order chi connectivity index (χ1) is 12.9. The molecule has 5 nitrogen and oxygen atoms in total. The average Bonchev–Trinajstić information content (AvgIpc) is 2.85. The maximum absolute atomic E-state index is 12.9. The van der Waals surface area contributed by atoms with Gasteiger partial charge in [-0.05, 0) is 31.5 Å². The van der Waals surface area contributed by atoms with E-state index in [-0.39, 0.29) is 12.5 Å². The second kappa shape index (κ2) is 8.12. The van der Waals surface area contributed by atoms with Gasteiger partial charge in [0.2, 0.25) is 0 Å². The van der Waals surface area contributed by atoms with Crippen molar-refractivity contribution in [2.24, 2.45) is 0 Å². The number of rotatable bonds is 4. The summed E-state index contributed by atoms with van der Waals surface area (Å²) in [6.07, 6.45) is -2.00. The molecule has 1 aromatic heterocycles. The van der Waals surface area contributed by atoms with Gasteiger partial charge in [0.15, 0.2) is 0 Å². The highest BCUT2D eigenvalue weighted by Gasteiger charge is 2.31. The summed E-state index contributed by atoms with van der Waals surface area (Å²) in [5.41, 5.74) is 0.498. The van der Waals surface area contributed by atoms with Gasteiger partial charge in [-0.1, -0.05) is 6.07 Å². The topological polar surface area (TPSA) is 45.7 Å². The van der Waals surface area contributed by atoms with E-state index in [1.165, 1.54) is 6.07 Å². The Bertz CT molecular complexity index is 810. The number of benzene rings is 1. The molecule has 0 radical (unpaired) electrons. The zero-order valence-corrected chi connectivity index (χ0v) is 15.1. The third kappa shape index (κ3) is 4.68. The van der Waals surface area contributed by atoms with Crippen LogP contribution in [0.3, 0.4) is 0 Å². The Labute approximate surface area is 155 Å². The van der Waals surface area contributed by atoms with Crippen molar-refractivity contribution in [2.75, 3.05) is 44.2 Å². The Balaban J connectivity index is 1.78. The maximum atomic E-state index is 12.9. The Morgan fingerprint density at radius 2 is 2.00 bits per heavy atom. The molecule has 0 saturated carbocycles. The van der Waals surface area contributed by atoms with E-state index in [2.05, 4.69) is 9.88 Å². The van der Waals surface area contributed by atoms with Crippen LogP contribution in [0.1, 0.15) is 18.9 Å². The number of pyridine rings is 1. The predicted octanol–water partition coefficient (Wildman–Crippen LogP) is 3.33. The molecule has 27 heavy (non-hydrogen) atoms. The number of ether oxygens (including phenoxy) is 1. The molecule has 3 rings (SSSR count). The molecule has 1 aliphatic heterocycles. The highest BCUT2D eigenvalue weighted by atomic mass is 19.4. The molecule has 2 heterocycles. The van der Waals surface area contributed by atoms with Crippen molar-refractivity contribution in [3.63, 3.8) is 0 Å². The van der Waals surface area contributed by atoms with Crippen LogP contribution in [0.15, 0.2) is 30.5 Å². The van der Waals surface area contributed by atoms with Crippen LogP contribution in [-0.4, -0.2) is 55.2 Å². The number of esters is 1. The lowest BCUT2D eigenvalue weighted by Crippen LogP contribution is -2.35. The largest absolute Gasteiger partial charge is 0.465 e. The molecule has 0 spiro atoms. The Morgan fingerprint density at radius 1 is 1.19 bits per heavy atom. The minimum Gasteiger partial charge on any atom is -0.465 e. The van der Waals surface area contributed by atoms with E-state index < -0.39 is 11.7 Å². The van der Waals surface area contributed by atoms with Gasteiger partial charge in [-0.15, -0.1) is 0 Å². The smallest absolute Gasteiger partial charge is 0.416 e. The van der Waals surface area contributed by atoms with Crippen LogP contribution in [-0.2, 0) is 15.7 Å². The minimum atomic E-state index is -4.39. The number of hydrogen-bond acceptors (Lipinski definition) is 5. The second-order valence-electron chi connectivity index (χ2n) is 6.48. The zero-order chi connectivity index (χ0) is 19.4. The molecule has 0 N–H and O–H groups in total. The monoisotopic (exact) mass is 381 g/mol. The third-order valence-corrected chi connectivity index (χ3v) is 4.63. The molecular formula is C19H22F3N3O2. The van der Waals surface area contributed by atoms with Crippen molar-refractivity contribution >= 4 is 22.6 Å². The molecule has 2 aromatic rings. The summed E-state index contributed by atoms with van der Waals surface area (Å²) in [5, 5.41) is 0.698. The SMILES string of the molecule is CCOC(=O)CN1CCCN(c2ccnc3cc(C(F)(F)F)ccc23)CC1. The van der Waals surface area contributed by atoms with Gasteiger partial charge in [0.1, 0.15) is 0 Å². The molecule has 146 valence electrons. The first-order valence-corrected chi connectivity index (χ1v) is 8.97. The molecule has 1 aliphatic rings. The van der Waals surface area contributed by atoms with E-state index in [0.717, 1.165) is 37.3 Å². The lowest BCUT2D eigenvalue weighted by molar-refractivity contribution is -0.144. The summed E-state index contributed by atoms with van der Waals surface area (Å²) in [6.45, 7) is 5.30. The fraction of sp³-hybridized carbons (Fsp3) is 0.474. The fourth-order valence-electron chi connectivity index (χ4n) is 3.34. The van der Waals surface area contributed by atoms with Gasteiger partial charge in [-0.3, -0.25) is 14.7 Å². The van der Waals surface area contributed by atoms with Crippen molar-refractivity contribution in [1.82, 2.24) is 9.88 Å². The number of carbonyl (C=O) groups excluding carboxylic acids is 1. The van der Waals surface area contributed by atoms with Gasteiger partial charge >= 0.3 is 12.1 Å². The van der Waals surface area contributed by atoms with Gasteiger partial charge in [-0.25, -0.2) is 0 Å². The van der Waals surface area contributed by atoms with E-state index in [4.69, 9.17) is 4.74 Å². The van der Waals surface area contributed by atoms with Crippen LogP contribution in [0.2, 0.25) is 0 Å². The predicted molar refractivity (Wildman–Crippen MR) is 96.6 cm³/mol. The van der Waals surface area contributed by atoms with E-state index >= 15 is 0 Å². The van der Waals surface area contributed by atoms with Crippen LogP contribution < -0.4 is 4.90 Å². The van der Waals surface area contributed by atoms with Crippen molar-refractivity contribution < 1.29 is 22.7 Å². The number of fused-ring (bicyclic) bond motifs is 1. The number of aromatic nitrogens is 1. The minimum absolute atomic E-state index is 0.236. The highest BCUT2D eigenvalue weighted by molar-refractivity contribution is 5.92. The highest BCUT2D eigenvalue weighted by Crippen LogP contribution is 2.33. The summed E-state index contributed by atoms with van der Waals surface area (Å²) in [5.74, 6) is -0.236. The van der Waals surface area contributed by atoms with Crippen LogP contribution >= 0.6 is 0 Å². The quantitative estimate of drug-likeness (QED) is 0.761. The summed E-state index contributed by atoms with van der Waals surface area (Å²) < 4.78 is 43.8. The first kappa shape index (κ1) is 19.4. The lowest BCUT2D eigenvalue weighted by atomic mass is 10.1. The molecule has 0 unspecified atom stereocenters. The second-order valence-corrected chi connectivity index (χ2v) is 6.48. The van der Waals surface area contributed by atoms with Crippen LogP contribution in [0.5, 0.6) is 0 Å². The standard InChI is InChI=1S/C19H22F3N3O2/c1-2-27-18(26)13-24-8-3-9-25(11-10-24)17-6-7-23-16-12-14(19(20,21)22)4-5-15(16)17/h4-7,12H,2-3,8-11,13H2,1H3. The molecule has 0 bridgehead atoms. The van der Waals surface area contributed by atoms with Crippen LogP contribution in [0.4, 0.5) is 18.9 Å². The fourth-order valence-corrected chi connectivity index (χ4v) is 3.34. The molecule has 1 aromatic carbocycles. The number of hydrogen-bond donors (Lipinski definition) is 0. The van der Waals surface area contributed by atoms with Crippen molar-refractivity contribution in [2.45, 2.75) is 19.5 Å². The molecule has 0 aliphatic carbocycles. The summed E-state index contributed by atoms with van der Waals surface area (Å²) in [7, 11) is 0. The zero-order valence-electron chi connectivity index (χ0n) is 15.1. The number of nitrogens with zero attached hydrogens (tertiary/aromatic N) is 3. The maximum Gasteiger partial charge on any atom is 0.416 e. The van der Waals surface area contributed by atoms with E-state index in [9.17, 15) is 18.0 Å². The lowest BCUT2D eigenvalue weighted by Gasteiger charge is -2.24. The Kier molecular flexibility index (Phi) is 5.84. The number of alkyl halides is 3. The normalized spacial score (nSPS) is 16.4. The van der Waals surface area contributed by atoms with Crippen molar-refractivity contribution in [3.8, 4) is 0 Å². The van der Waals surface area contributed by atoms with E-state index in [0.29, 0.717) is 30.6 Å². The molecule has 0 atom stereocenters. The molecule has 0 amide bonds. The van der Waals surface area contributed by atoms with Gasteiger partial charge < -0.3 is 9.64 Å². The average molecular weight is 381 g/mol. The van der Waals surface area contributed by atoms with Crippen molar-refractivity contribution in [3.05, 3.63) is 36.0 Å². The number of halogens is 3. The third-order valence-electron chi connectivity index (χ3n) is 4.63. The summed E-state index contributed by atoms with van der Waals surface area (Å²) in [6, 6.07) is 5.50. The summed E-state index contributed by atoms with van der Waals surface area (Å²) >= 11 is 0. The van der Waals surface area contributed by atoms with Gasteiger partial charge in [0.25, 0.3) is 0 Å². The van der Waals surface area contributed by atoms with E-state index in [1.54, 1.807) is 13.1 Å². The molecular weight excluding hydrogens is 359 g/mol. The van der Waals surface area contributed by atoms with Gasteiger partial charge in [-0.2, -0.15) is 13.2 Å². The Hall–Kier alpha value is -2.35. The van der Waals surface area contributed by atoms with E-state index in [1.807, 2.05) is 11.0 Å². The van der Waals surface area contributed by atoms with Gasteiger partial charge in [0, 0.05) is 43.4 Å². The first-order valence-electron chi connectivity index (χ1n) is 8.97. The number of carbonyl (C=O) groups is 1. The van der Waals surface area contributed by atoms with Crippen molar-refractivity contribution in [1.29, 1.82) is 0 Å².